The summed E-state index contributed by atoms with van der Waals surface area (Å²) >= 11 is 0. The summed E-state index contributed by atoms with van der Waals surface area (Å²) in [7, 11) is 0. The molecule has 0 bridgehead atoms. The van der Waals surface area contributed by atoms with Crippen LogP contribution in [0.4, 0.5) is 0 Å². The first kappa shape index (κ1) is 27.5. The topological polar surface area (TPSA) is 0 Å². The van der Waals surface area contributed by atoms with Crippen LogP contribution in [-0.4, -0.2) is 0 Å². The van der Waals surface area contributed by atoms with Crippen LogP contribution in [0.2, 0.25) is 0 Å². The molecular formula is C20H42. The highest BCUT2D eigenvalue weighted by Gasteiger charge is 1.96. The van der Waals surface area contributed by atoms with Crippen molar-refractivity contribution in [2.24, 2.45) is 10.8 Å². The van der Waals surface area contributed by atoms with Crippen LogP contribution in [-0.2, 0) is 0 Å². The van der Waals surface area contributed by atoms with Gasteiger partial charge in [-0.05, 0) is 10.8 Å². The Morgan fingerprint density at radius 1 is 0.350 bits per heavy atom. The average Bonchev–Trinajstić information content (AvgIpc) is 2.32. The van der Waals surface area contributed by atoms with E-state index in [1.165, 1.54) is 0 Å². The van der Waals surface area contributed by atoms with Crippen molar-refractivity contribution in [2.45, 2.75) is 83.1 Å². The molecule has 0 heteroatoms. The van der Waals surface area contributed by atoms with Gasteiger partial charge in [0.2, 0.25) is 0 Å². The van der Waals surface area contributed by atoms with Crippen LogP contribution in [0.3, 0.4) is 0 Å². The molecule has 0 nitrogen and oxygen atoms in total. The Hall–Kier alpha value is -0.780. The SMILES string of the molecule is CC.CC.CC(C)(C)C.CC(C)(C)C.c1ccccc1. The van der Waals surface area contributed by atoms with Gasteiger partial charge in [0.1, 0.15) is 0 Å². The van der Waals surface area contributed by atoms with E-state index < -0.39 is 0 Å². The zero-order chi connectivity index (χ0) is 17.2. The summed E-state index contributed by atoms with van der Waals surface area (Å²) in [5, 5.41) is 0. The highest BCUT2D eigenvalue weighted by Crippen LogP contribution is 2.08. The Bertz CT molecular complexity index is 170. The maximum Gasteiger partial charge on any atom is -0.0411 e. The predicted molar refractivity (Wildman–Crippen MR) is 99.4 cm³/mol. The van der Waals surface area contributed by atoms with Crippen LogP contribution in [0.5, 0.6) is 0 Å². The number of hydrogen-bond donors (Lipinski definition) is 0. The molecule has 0 aliphatic heterocycles. The van der Waals surface area contributed by atoms with Crippen molar-refractivity contribution in [2.75, 3.05) is 0 Å². The molecule has 0 heterocycles. The summed E-state index contributed by atoms with van der Waals surface area (Å²) in [6, 6.07) is 12.0. The molecule has 0 aliphatic rings. The van der Waals surface area contributed by atoms with E-state index >= 15 is 0 Å². The summed E-state index contributed by atoms with van der Waals surface area (Å²) < 4.78 is 0. The second-order valence-corrected chi connectivity index (χ2v) is 7.15. The molecule has 1 aromatic carbocycles. The van der Waals surface area contributed by atoms with Gasteiger partial charge in [-0.3, -0.25) is 0 Å². The normalized spacial score (nSPS) is 9.00. The Morgan fingerprint density at radius 2 is 0.400 bits per heavy atom. The molecule has 1 rings (SSSR count). The first-order valence-electron chi connectivity index (χ1n) is 8.00. The van der Waals surface area contributed by atoms with Gasteiger partial charge in [0, 0.05) is 0 Å². The lowest BCUT2D eigenvalue weighted by molar-refractivity contribution is 0.469. The Labute approximate surface area is 131 Å². The lowest BCUT2D eigenvalue weighted by Crippen LogP contribution is -1.93. The molecule has 0 aromatic heterocycles. The molecular weight excluding hydrogens is 240 g/mol. The maximum absolute atomic E-state index is 2.19. The molecule has 1 aromatic rings. The number of rotatable bonds is 0. The van der Waals surface area contributed by atoms with Crippen molar-refractivity contribution in [1.82, 2.24) is 0 Å². The van der Waals surface area contributed by atoms with Crippen molar-refractivity contribution < 1.29 is 0 Å². The van der Waals surface area contributed by atoms with Gasteiger partial charge in [-0.2, -0.15) is 0 Å². The maximum atomic E-state index is 2.19. The van der Waals surface area contributed by atoms with Gasteiger partial charge in [-0.1, -0.05) is 119 Å². The van der Waals surface area contributed by atoms with Crippen molar-refractivity contribution in [3.8, 4) is 0 Å². The van der Waals surface area contributed by atoms with Crippen LogP contribution in [0.25, 0.3) is 0 Å². The molecule has 0 saturated carbocycles. The minimum absolute atomic E-state index is 0.500. The van der Waals surface area contributed by atoms with E-state index in [1.54, 1.807) is 0 Å². The molecule has 0 saturated heterocycles. The van der Waals surface area contributed by atoms with Crippen LogP contribution in [0.1, 0.15) is 83.1 Å². The van der Waals surface area contributed by atoms with Gasteiger partial charge in [-0.15, -0.1) is 0 Å². The molecule has 0 N–H and O–H groups in total. The number of hydrogen-bond acceptors (Lipinski definition) is 0. The standard InChI is InChI=1S/C6H6.2C5H12.2C2H6/c1-2-4-6-5-3-1;2*1-5(2,3)4;2*1-2/h1-6H;2*1-4H3;2*1-2H3. The van der Waals surface area contributed by atoms with E-state index in [9.17, 15) is 0 Å². The number of benzene rings is 1. The summed E-state index contributed by atoms with van der Waals surface area (Å²) in [5.74, 6) is 0. The fraction of sp³-hybridized carbons (Fsp3) is 0.700. The minimum Gasteiger partial charge on any atom is -0.0683 e. The first-order valence-corrected chi connectivity index (χ1v) is 8.00. The predicted octanol–water partition coefficient (Wildman–Crippen LogP) is 7.84. The largest absolute Gasteiger partial charge is 0.0683 e. The van der Waals surface area contributed by atoms with E-state index in [0.717, 1.165) is 0 Å². The van der Waals surface area contributed by atoms with E-state index in [1.807, 2.05) is 64.1 Å². The highest BCUT2D eigenvalue weighted by molar-refractivity contribution is 4.99. The van der Waals surface area contributed by atoms with E-state index in [2.05, 4.69) is 55.4 Å². The Morgan fingerprint density at radius 3 is 0.450 bits per heavy atom. The minimum atomic E-state index is 0.500. The van der Waals surface area contributed by atoms with Gasteiger partial charge in [0.15, 0.2) is 0 Å². The average molecular weight is 283 g/mol. The lowest BCUT2D eigenvalue weighted by Gasteiger charge is -2.05. The fourth-order valence-electron chi connectivity index (χ4n) is 0.385. The highest BCUT2D eigenvalue weighted by atomic mass is 14.0. The second-order valence-electron chi connectivity index (χ2n) is 7.15. The summed E-state index contributed by atoms with van der Waals surface area (Å²) in [5.41, 5.74) is 1.00. The van der Waals surface area contributed by atoms with Gasteiger partial charge >= 0.3 is 0 Å². The van der Waals surface area contributed by atoms with Crippen LogP contribution in [0.15, 0.2) is 36.4 Å². The van der Waals surface area contributed by atoms with Gasteiger partial charge in [0.25, 0.3) is 0 Å². The van der Waals surface area contributed by atoms with Gasteiger partial charge in [-0.25, -0.2) is 0 Å². The van der Waals surface area contributed by atoms with Crippen molar-refractivity contribution >= 4 is 0 Å². The molecule has 0 amide bonds. The third-order valence-corrected chi connectivity index (χ3v) is 0.667. The third kappa shape index (κ3) is 166. The van der Waals surface area contributed by atoms with Crippen LogP contribution in [0, 0.1) is 10.8 Å². The molecule has 0 radical (unpaired) electrons. The third-order valence-electron chi connectivity index (χ3n) is 0.667. The quantitative estimate of drug-likeness (QED) is 0.454. The molecule has 0 spiro atoms. The smallest absolute Gasteiger partial charge is 0.0411 e. The van der Waals surface area contributed by atoms with Gasteiger partial charge < -0.3 is 0 Å². The van der Waals surface area contributed by atoms with Gasteiger partial charge in [0.05, 0.1) is 0 Å². The van der Waals surface area contributed by atoms with E-state index in [4.69, 9.17) is 0 Å². The lowest BCUT2D eigenvalue weighted by atomic mass is 10.0. The Balaban J connectivity index is -0.0000000858. The molecule has 0 fully saturated rings. The Kier molecular flexibility index (Phi) is 25.1. The van der Waals surface area contributed by atoms with Crippen LogP contribution >= 0.6 is 0 Å². The fourth-order valence-corrected chi connectivity index (χ4v) is 0.385. The summed E-state index contributed by atoms with van der Waals surface area (Å²) in [6.45, 7) is 25.5. The molecule has 122 valence electrons. The zero-order valence-corrected chi connectivity index (χ0v) is 16.5. The molecule has 0 unspecified atom stereocenters. The molecule has 0 atom stereocenters. The summed E-state index contributed by atoms with van der Waals surface area (Å²) in [4.78, 5) is 0. The molecule has 0 aliphatic carbocycles. The monoisotopic (exact) mass is 282 g/mol. The van der Waals surface area contributed by atoms with E-state index in [-0.39, 0.29) is 0 Å². The first-order chi connectivity index (χ1) is 9.00. The van der Waals surface area contributed by atoms with E-state index in [0.29, 0.717) is 10.8 Å². The van der Waals surface area contributed by atoms with Crippen LogP contribution < -0.4 is 0 Å². The zero-order valence-electron chi connectivity index (χ0n) is 16.5. The van der Waals surface area contributed by atoms with Crippen molar-refractivity contribution in [3.63, 3.8) is 0 Å². The second kappa shape index (κ2) is 18.2. The summed E-state index contributed by atoms with van der Waals surface area (Å²) in [6.07, 6.45) is 0. The van der Waals surface area contributed by atoms with Crippen molar-refractivity contribution in [3.05, 3.63) is 36.4 Å². The van der Waals surface area contributed by atoms with Crippen molar-refractivity contribution in [1.29, 1.82) is 0 Å². The molecule has 20 heavy (non-hydrogen) atoms.